The summed E-state index contributed by atoms with van der Waals surface area (Å²) >= 11 is 7.39. The van der Waals surface area contributed by atoms with Crippen LogP contribution in [0.25, 0.3) is 0 Å². The zero-order valence-corrected chi connectivity index (χ0v) is 19.8. The van der Waals surface area contributed by atoms with Crippen molar-refractivity contribution >= 4 is 52.0 Å². The molecule has 4 N–H and O–H groups in total. The van der Waals surface area contributed by atoms with Crippen LogP contribution in [0.2, 0.25) is 5.02 Å². The summed E-state index contributed by atoms with van der Waals surface area (Å²) in [5.74, 6) is 0.0269. The van der Waals surface area contributed by atoms with Gasteiger partial charge in [0.15, 0.2) is 5.82 Å². The van der Waals surface area contributed by atoms with Crippen molar-refractivity contribution in [1.82, 2.24) is 14.9 Å². The van der Waals surface area contributed by atoms with Gasteiger partial charge in [0.25, 0.3) is 5.91 Å². The molecule has 1 aliphatic heterocycles. The summed E-state index contributed by atoms with van der Waals surface area (Å²) in [4.78, 5) is 22.6. The summed E-state index contributed by atoms with van der Waals surface area (Å²) in [5, 5.41) is 7.79. The van der Waals surface area contributed by atoms with Crippen LogP contribution < -0.4 is 21.1 Å². The van der Waals surface area contributed by atoms with Gasteiger partial charge in [0, 0.05) is 0 Å². The summed E-state index contributed by atoms with van der Waals surface area (Å²) in [6.07, 6.45) is 3.25. The van der Waals surface area contributed by atoms with Crippen LogP contribution in [0.1, 0.15) is 34.0 Å². The minimum atomic E-state index is -2.98. The molecule has 1 saturated heterocycles. The molecule has 4 rings (SSSR count). The second kappa shape index (κ2) is 10.5. The standard InChI is InChI=1S/C22H23ClF2N6O2S/c1-31-7-4-12(5-8-31)13-2-3-15(17(10-13)33-21(24)25)29-22-27-11-14(23)20(30-22)28-16-6-9-34-18(16)19(26)32/h2-3,6,9-12,21H,4-5,7-8H2,1H3,(H2,26,32)(H2,27,28,29,30). The molecule has 1 fully saturated rings. The number of carbonyl (C=O) groups excluding carboxylic acids is 1. The third kappa shape index (κ3) is 5.72. The Balaban J connectivity index is 1.58. The van der Waals surface area contributed by atoms with Gasteiger partial charge in [-0.2, -0.15) is 13.8 Å². The topological polar surface area (TPSA) is 105 Å². The minimum Gasteiger partial charge on any atom is -0.433 e. The van der Waals surface area contributed by atoms with Crippen molar-refractivity contribution in [2.45, 2.75) is 25.4 Å². The fraction of sp³-hybridized carbons (Fsp3) is 0.318. The number of aromatic nitrogens is 2. The predicted octanol–water partition coefficient (Wildman–Crippen LogP) is 5.19. The SMILES string of the molecule is CN1CCC(c2ccc(Nc3ncc(Cl)c(Nc4ccsc4C(N)=O)n3)c(OC(F)F)c2)CC1. The Morgan fingerprint density at radius 2 is 2.03 bits per heavy atom. The number of primary amides is 1. The Bertz CT molecular complexity index is 1170. The van der Waals surface area contributed by atoms with Crippen molar-refractivity contribution in [3.05, 3.63) is 51.3 Å². The quantitative estimate of drug-likeness (QED) is 0.384. The van der Waals surface area contributed by atoms with E-state index in [2.05, 4.69) is 32.5 Å². The van der Waals surface area contributed by atoms with Crippen LogP contribution in [0.5, 0.6) is 5.75 Å². The van der Waals surface area contributed by atoms with Gasteiger partial charge >= 0.3 is 6.61 Å². The van der Waals surface area contributed by atoms with Crippen molar-refractivity contribution < 1.29 is 18.3 Å². The highest BCUT2D eigenvalue weighted by molar-refractivity contribution is 7.12. The zero-order valence-electron chi connectivity index (χ0n) is 18.2. The van der Waals surface area contributed by atoms with E-state index in [1.165, 1.54) is 17.5 Å². The van der Waals surface area contributed by atoms with Gasteiger partial charge in [-0.05, 0) is 68.0 Å². The first-order chi connectivity index (χ1) is 16.3. The Hall–Kier alpha value is -3.02. The molecule has 12 heteroatoms. The summed E-state index contributed by atoms with van der Waals surface area (Å²) in [5.41, 5.74) is 7.08. The van der Waals surface area contributed by atoms with Crippen LogP contribution in [0.4, 0.5) is 31.9 Å². The number of alkyl halides is 2. The summed E-state index contributed by atoms with van der Waals surface area (Å²) in [6, 6.07) is 6.90. The van der Waals surface area contributed by atoms with Crippen LogP contribution in [-0.2, 0) is 0 Å². The van der Waals surface area contributed by atoms with Crippen molar-refractivity contribution in [3.63, 3.8) is 0 Å². The zero-order chi connectivity index (χ0) is 24.2. The van der Waals surface area contributed by atoms with E-state index < -0.39 is 12.5 Å². The number of hydrogen-bond donors (Lipinski definition) is 3. The fourth-order valence-electron chi connectivity index (χ4n) is 3.79. The van der Waals surface area contributed by atoms with E-state index in [0.29, 0.717) is 16.3 Å². The van der Waals surface area contributed by atoms with Gasteiger partial charge in [0.2, 0.25) is 5.95 Å². The maximum Gasteiger partial charge on any atom is 0.387 e. The van der Waals surface area contributed by atoms with Crippen LogP contribution >= 0.6 is 22.9 Å². The average Bonchev–Trinajstić information content (AvgIpc) is 3.26. The highest BCUT2D eigenvalue weighted by Crippen LogP contribution is 2.36. The molecule has 0 aliphatic carbocycles. The van der Waals surface area contributed by atoms with Gasteiger partial charge in [-0.25, -0.2) is 4.98 Å². The van der Waals surface area contributed by atoms with Crippen LogP contribution in [0.3, 0.4) is 0 Å². The van der Waals surface area contributed by atoms with E-state index in [0.717, 1.165) is 31.5 Å². The number of ether oxygens (including phenoxy) is 1. The molecule has 3 aromatic rings. The highest BCUT2D eigenvalue weighted by Gasteiger charge is 2.21. The summed E-state index contributed by atoms with van der Waals surface area (Å²) < 4.78 is 31.1. The lowest BCUT2D eigenvalue weighted by atomic mass is 9.89. The Kier molecular flexibility index (Phi) is 7.44. The highest BCUT2D eigenvalue weighted by atomic mass is 35.5. The largest absolute Gasteiger partial charge is 0.433 e. The molecule has 2 aromatic heterocycles. The molecular formula is C22H23ClF2N6O2S. The lowest BCUT2D eigenvalue weighted by Crippen LogP contribution is -2.29. The predicted molar refractivity (Wildman–Crippen MR) is 129 cm³/mol. The van der Waals surface area contributed by atoms with Crippen molar-refractivity contribution in [2.24, 2.45) is 5.73 Å². The molecule has 8 nitrogen and oxygen atoms in total. The molecule has 0 atom stereocenters. The molecule has 0 radical (unpaired) electrons. The molecule has 3 heterocycles. The molecule has 0 saturated carbocycles. The van der Waals surface area contributed by atoms with E-state index in [1.807, 2.05) is 6.07 Å². The number of piperidine rings is 1. The minimum absolute atomic E-state index is 0.00772. The van der Waals surface area contributed by atoms with E-state index in [4.69, 9.17) is 22.1 Å². The number of nitrogens with one attached hydrogen (secondary N) is 2. The van der Waals surface area contributed by atoms with Crippen molar-refractivity contribution in [3.8, 4) is 5.75 Å². The monoisotopic (exact) mass is 508 g/mol. The summed E-state index contributed by atoms with van der Waals surface area (Å²) in [6.45, 7) is -1.08. The third-order valence-corrected chi connectivity index (χ3v) is 6.75. The molecule has 34 heavy (non-hydrogen) atoms. The number of rotatable bonds is 8. The van der Waals surface area contributed by atoms with Gasteiger partial charge in [-0.15, -0.1) is 11.3 Å². The van der Waals surface area contributed by atoms with E-state index >= 15 is 0 Å². The van der Waals surface area contributed by atoms with Crippen molar-refractivity contribution in [2.75, 3.05) is 30.8 Å². The Labute approximate surface area is 204 Å². The number of amides is 1. The number of carbonyl (C=O) groups is 1. The lowest BCUT2D eigenvalue weighted by molar-refractivity contribution is -0.0494. The van der Waals surface area contributed by atoms with Gasteiger partial charge < -0.3 is 26.0 Å². The van der Waals surface area contributed by atoms with E-state index in [-0.39, 0.29) is 28.5 Å². The third-order valence-electron chi connectivity index (χ3n) is 5.54. The first-order valence-corrected chi connectivity index (χ1v) is 11.8. The molecule has 0 spiro atoms. The normalized spacial score (nSPS) is 14.9. The summed E-state index contributed by atoms with van der Waals surface area (Å²) in [7, 11) is 2.07. The Morgan fingerprint density at radius 3 is 2.74 bits per heavy atom. The second-order valence-corrected chi connectivity index (χ2v) is 9.20. The molecule has 1 amide bonds. The number of likely N-dealkylation sites (tertiary alicyclic amines) is 1. The van der Waals surface area contributed by atoms with Gasteiger partial charge in [0.1, 0.15) is 15.6 Å². The number of nitrogens with two attached hydrogens (primary N) is 1. The first-order valence-electron chi connectivity index (χ1n) is 10.5. The lowest BCUT2D eigenvalue weighted by Gasteiger charge is -2.29. The van der Waals surface area contributed by atoms with Crippen LogP contribution in [-0.4, -0.2) is 47.5 Å². The van der Waals surface area contributed by atoms with Gasteiger partial charge in [-0.3, -0.25) is 4.79 Å². The molecular weight excluding hydrogens is 486 g/mol. The van der Waals surface area contributed by atoms with Crippen LogP contribution in [0.15, 0.2) is 35.8 Å². The maximum absolute atomic E-state index is 13.1. The molecule has 0 bridgehead atoms. The van der Waals surface area contributed by atoms with Crippen molar-refractivity contribution in [1.29, 1.82) is 0 Å². The molecule has 0 unspecified atom stereocenters. The number of anilines is 4. The van der Waals surface area contributed by atoms with Gasteiger partial charge in [0.05, 0.1) is 17.6 Å². The maximum atomic E-state index is 13.1. The fourth-order valence-corrected chi connectivity index (χ4v) is 4.63. The smallest absolute Gasteiger partial charge is 0.387 e. The molecule has 180 valence electrons. The number of halogens is 3. The van der Waals surface area contributed by atoms with E-state index in [9.17, 15) is 13.6 Å². The van der Waals surface area contributed by atoms with E-state index in [1.54, 1.807) is 23.6 Å². The molecule has 1 aliphatic rings. The Morgan fingerprint density at radius 1 is 1.26 bits per heavy atom. The number of nitrogens with zero attached hydrogens (tertiary/aromatic N) is 3. The number of benzene rings is 1. The van der Waals surface area contributed by atoms with Gasteiger partial charge in [-0.1, -0.05) is 17.7 Å². The molecule has 1 aromatic carbocycles. The van der Waals surface area contributed by atoms with Crippen LogP contribution in [0, 0.1) is 0 Å². The number of thiophene rings is 1. The second-order valence-electron chi connectivity index (χ2n) is 7.88. The number of hydrogen-bond acceptors (Lipinski definition) is 8. The first kappa shape index (κ1) is 24.1. The average molecular weight is 509 g/mol.